The van der Waals surface area contributed by atoms with Crippen LogP contribution in [-0.4, -0.2) is 52.0 Å². The number of hydrogen-bond donors (Lipinski definition) is 2. The molecule has 0 saturated carbocycles. The largest absolute Gasteiger partial charge is 0.496 e. The van der Waals surface area contributed by atoms with Crippen molar-refractivity contribution < 1.29 is 14.3 Å². The van der Waals surface area contributed by atoms with Gasteiger partial charge < -0.3 is 20.3 Å². The Balaban J connectivity index is 1.19. The van der Waals surface area contributed by atoms with Gasteiger partial charge in [-0.05, 0) is 63.8 Å². The van der Waals surface area contributed by atoms with Gasteiger partial charge in [-0.25, -0.2) is 4.98 Å². The van der Waals surface area contributed by atoms with E-state index in [9.17, 15) is 9.59 Å². The normalized spacial score (nSPS) is 20.4. The van der Waals surface area contributed by atoms with E-state index < -0.39 is 0 Å². The number of nitrogens with one attached hydrogen (secondary N) is 2. The van der Waals surface area contributed by atoms with Crippen molar-refractivity contribution in [2.45, 2.75) is 64.2 Å². The molecule has 2 aliphatic rings. The third kappa shape index (κ3) is 5.26. The van der Waals surface area contributed by atoms with Gasteiger partial charge in [-0.15, -0.1) is 0 Å². The van der Waals surface area contributed by atoms with Crippen molar-refractivity contribution in [2.75, 3.05) is 12.0 Å². The van der Waals surface area contributed by atoms with Crippen molar-refractivity contribution >= 4 is 17.6 Å². The highest BCUT2D eigenvalue weighted by molar-refractivity contribution is 5.96. The number of carbonyl (C=O) groups excluding carboxylic acids is 2. The van der Waals surface area contributed by atoms with Crippen LogP contribution in [-0.2, 0) is 6.54 Å². The molecule has 2 atom stereocenters. The molecular weight excluding hydrogens is 468 g/mol. The molecule has 192 valence electrons. The Bertz CT molecular complexity index is 1260. The summed E-state index contributed by atoms with van der Waals surface area (Å²) >= 11 is 0. The van der Waals surface area contributed by atoms with Crippen LogP contribution in [0.25, 0.3) is 0 Å². The van der Waals surface area contributed by atoms with Crippen molar-refractivity contribution in [1.82, 2.24) is 25.6 Å². The summed E-state index contributed by atoms with van der Waals surface area (Å²) in [5.41, 5.74) is 3.55. The lowest BCUT2D eigenvalue weighted by molar-refractivity contribution is 0.0923. The van der Waals surface area contributed by atoms with Gasteiger partial charge in [0.05, 0.1) is 36.8 Å². The molecule has 2 fully saturated rings. The van der Waals surface area contributed by atoms with Crippen LogP contribution >= 0.6 is 0 Å². The van der Waals surface area contributed by atoms with E-state index in [1.54, 1.807) is 25.7 Å². The highest BCUT2D eigenvalue weighted by Crippen LogP contribution is 2.38. The number of amides is 2. The summed E-state index contributed by atoms with van der Waals surface area (Å²) in [6.45, 7) is 4.09. The average Bonchev–Trinajstić information content (AvgIpc) is 3.18. The quantitative estimate of drug-likeness (QED) is 0.512. The number of benzene rings is 1. The smallest absolute Gasteiger partial charge is 0.253 e. The number of ether oxygens (including phenoxy) is 1. The topological polar surface area (TPSA) is 109 Å². The molecule has 2 bridgehead atoms. The summed E-state index contributed by atoms with van der Waals surface area (Å²) in [5.74, 6) is 1.34. The number of carbonyl (C=O) groups is 2. The molecule has 1 aromatic carbocycles. The molecule has 4 heterocycles. The molecule has 5 rings (SSSR count). The second-order valence-electron chi connectivity index (χ2n) is 9.80. The fraction of sp³-hybridized carbons (Fsp3) is 0.393. The lowest BCUT2D eigenvalue weighted by Crippen LogP contribution is -2.50. The van der Waals surface area contributed by atoms with E-state index in [0.29, 0.717) is 35.4 Å². The van der Waals surface area contributed by atoms with E-state index in [4.69, 9.17) is 4.74 Å². The molecule has 9 nitrogen and oxygen atoms in total. The fourth-order valence-electron chi connectivity index (χ4n) is 5.47. The first kappa shape index (κ1) is 24.7. The molecule has 3 aromatic rings. The van der Waals surface area contributed by atoms with Crippen molar-refractivity contribution in [3.63, 3.8) is 0 Å². The molecule has 0 aliphatic carbocycles. The minimum atomic E-state index is -0.196. The van der Waals surface area contributed by atoms with E-state index in [1.807, 2.05) is 44.2 Å². The molecule has 2 N–H and O–H groups in total. The predicted octanol–water partition coefficient (Wildman–Crippen LogP) is 3.36. The number of nitrogens with zero attached hydrogens (tertiary/aromatic N) is 4. The highest BCUT2D eigenvalue weighted by Gasteiger charge is 2.42. The number of fused-ring (bicyclic) bond motifs is 2. The summed E-state index contributed by atoms with van der Waals surface area (Å²) < 4.78 is 5.37. The van der Waals surface area contributed by atoms with Crippen LogP contribution in [0.1, 0.15) is 63.4 Å². The predicted molar refractivity (Wildman–Crippen MR) is 140 cm³/mol. The third-order valence-electron chi connectivity index (χ3n) is 7.36. The summed E-state index contributed by atoms with van der Waals surface area (Å²) in [6, 6.07) is 10.0. The van der Waals surface area contributed by atoms with E-state index in [2.05, 4.69) is 30.5 Å². The number of piperidine rings is 1. The van der Waals surface area contributed by atoms with Gasteiger partial charge in [0.25, 0.3) is 11.8 Å². The monoisotopic (exact) mass is 500 g/mol. The molecular formula is C28H32N6O3. The molecule has 2 saturated heterocycles. The van der Waals surface area contributed by atoms with Crippen LogP contribution in [0.5, 0.6) is 5.75 Å². The Morgan fingerprint density at radius 2 is 1.76 bits per heavy atom. The van der Waals surface area contributed by atoms with Gasteiger partial charge in [-0.2, -0.15) is 0 Å². The number of aryl methyl sites for hydroxylation is 1. The van der Waals surface area contributed by atoms with Crippen molar-refractivity contribution in [3.05, 3.63) is 77.0 Å². The van der Waals surface area contributed by atoms with Crippen LogP contribution < -0.4 is 20.3 Å². The standard InChI is InChI=1S/C28H32N6O3/c1-17-13-30-21(15-29-17)16-32-27(35)19-7-10-26(31-14-19)34-22-8-9-23(34)12-20(11-22)33-28(36)24-5-4-6-25(37-3)18(24)2/h4-7,10,13-15,20,22-23H,8-9,11-12,16H2,1-3H3,(H,32,35)(H,33,36). The number of rotatable bonds is 7. The van der Waals surface area contributed by atoms with Crippen molar-refractivity contribution in [2.24, 2.45) is 0 Å². The Morgan fingerprint density at radius 1 is 0.973 bits per heavy atom. The van der Waals surface area contributed by atoms with Crippen molar-refractivity contribution in [3.8, 4) is 5.75 Å². The number of aromatic nitrogens is 3. The molecule has 0 spiro atoms. The second kappa shape index (κ2) is 10.5. The summed E-state index contributed by atoms with van der Waals surface area (Å²) in [7, 11) is 1.62. The zero-order valence-corrected chi connectivity index (χ0v) is 21.4. The van der Waals surface area contributed by atoms with E-state index in [1.165, 1.54) is 0 Å². The molecule has 37 heavy (non-hydrogen) atoms. The third-order valence-corrected chi connectivity index (χ3v) is 7.36. The van der Waals surface area contributed by atoms with Gasteiger partial charge >= 0.3 is 0 Å². The molecule has 2 aromatic heterocycles. The van der Waals surface area contributed by atoms with E-state index in [0.717, 1.165) is 48.5 Å². The van der Waals surface area contributed by atoms with E-state index >= 15 is 0 Å². The molecule has 0 radical (unpaired) electrons. The SMILES string of the molecule is COc1cccc(C(=O)NC2CC3CCC(C2)N3c2ccc(C(=O)NCc3cnc(C)cn3)cn2)c1C. The minimum absolute atomic E-state index is 0.0561. The van der Waals surface area contributed by atoms with Crippen molar-refractivity contribution in [1.29, 1.82) is 0 Å². The zero-order chi connectivity index (χ0) is 25.9. The summed E-state index contributed by atoms with van der Waals surface area (Å²) in [6.07, 6.45) is 8.84. The van der Waals surface area contributed by atoms with Gasteiger partial charge in [0.2, 0.25) is 0 Å². The van der Waals surface area contributed by atoms with Gasteiger partial charge in [0.1, 0.15) is 11.6 Å². The maximum Gasteiger partial charge on any atom is 0.253 e. The maximum absolute atomic E-state index is 13.0. The fourth-order valence-corrected chi connectivity index (χ4v) is 5.47. The molecule has 2 unspecified atom stereocenters. The lowest BCUT2D eigenvalue weighted by atomic mass is 9.96. The first-order valence-corrected chi connectivity index (χ1v) is 12.7. The van der Waals surface area contributed by atoms with Gasteiger partial charge in [0, 0.05) is 41.6 Å². The summed E-state index contributed by atoms with van der Waals surface area (Å²) in [5, 5.41) is 6.12. The number of methoxy groups -OCH3 is 1. The molecule has 2 aliphatic heterocycles. The maximum atomic E-state index is 13.0. The molecule has 9 heteroatoms. The highest BCUT2D eigenvalue weighted by atomic mass is 16.5. The number of anilines is 1. The van der Waals surface area contributed by atoms with Gasteiger partial charge in [0.15, 0.2) is 0 Å². The Morgan fingerprint density at radius 3 is 2.41 bits per heavy atom. The first-order chi connectivity index (χ1) is 17.9. The number of pyridine rings is 1. The van der Waals surface area contributed by atoms with Gasteiger partial charge in [-0.1, -0.05) is 6.07 Å². The van der Waals surface area contributed by atoms with Crippen LogP contribution in [0, 0.1) is 13.8 Å². The van der Waals surface area contributed by atoms with Gasteiger partial charge in [-0.3, -0.25) is 19.6 Å². The van der Waals surface area contributed by atoms with Crippen LogP contribution in [0.4, 0.5) is 5.82 Å². The van der Waals surface area contributed by atoms with E-state index in [-0.39, 0.29) is 17.9 Å². The summed E-state index contributed by atoms with van der Waals surface area (Å²) in [4.78, 5) is 41.0. The zero-order valence-electron chi connectivity index (χ0n) is 21.4. The number of hydrogen-bond acceptors (Lipinski definition) is 7. The second-order valence-corrected chi connectivity index (χ2v) is 9.80. The Labute approximate surface area is 216 Å². The van der Waals surface area contributed by atoms with Crippen LogP contribution in [0.2, 0.25) is 0 Å². The van der Waals surface area contributed by atoms with Crippen LogP contribution in [0.3, 0.4) is 0 Å². The minimum Gasteiger partial charge on any atom is -0.496 e. The average molecular weight is 501 g/mol. The lowest BCUT2D eigenvalue weighted by Gasteiger charge is -2.40. The first-order valence-electron chi connectivity index (χ1n) is 12.7. The van der Waals surface area contributed by atoms with Crippen LogP contribution in [0.15, 0.2) is 48.9 Å². The Kier molecular flexibility index (Phi) is 7.03. The molecule has 2 amide bonds. The Hall–Kier alpha value is -4.01.